The molecule has 8 heteroatoms. The average molecular weight is 307 g/mol. The van der Waals surface area contributed by atoms with E-state index < -0.39 is 26.9 Å². The standard InChI is InChI=1S/C7H6BrFO4S.Na/c8-4-1-2-5(6(9)3-4)7(10)14(11,12)13;/h1-3,7,10H,(H,11,12,13);/q;+1/p-1. The number of hydrogen-bond donors (Lipinski definition) is 1. The molecule has 0 aliphatic rings. The van der Waals surface area contributed by atoms with Crippen LogP contribution in [0.5, 0.6) is 0 Å². The molecule has 0 fully saturated rings. The van der Waals surface area contributed by atoms with Crippen molar-refractivity contribution < 1.29 is 52.0 Å². The molecule has 0 bridgehead atoms. The van der Waals surface area contributed by atoms with Crippen molar-refractivity contribution in [1.29, 1.82) is 0 Å². The Morgan fingerprint density at radius 1 is 1.47 bits per heavy atom. The minimum atomic E-state index is -4.94. The minimum absolute atomic E-state index is 0. The SMILES string of the molecule is O=S(=O)([O-])C(O)c1ccc(Br)cc1F.[Na+]. The van der Waals surface area contributed by atoms with E-state index in [0.29, 0.717) is 4.47 Å². The van der Waals surface area contributed by atoms with Gasteiger partial charge in [0.15, 0.2) is 5.44 Å². The van der Waals surface area contributed by atoms with Gasteiger partial charge >= 0.3 is 29.6 Å². The van der Waals surface area contributed by atoms with Crippen LogP contribution in [0.1, 0.15) is 11.0 Å². The second kappa shape index (κ2) is 5.72. The number of hydrogen-bond acceptors (Lipinski definition) is 4. The summed E-state index contributed by atoms with van der Waals surface area (Å²) in [5, 5.41) is 8.97. The normalized spacial score (nSPS) is 13.1. The van der Waals surface area contributed by atoms with Crippen LogP contribution in [-0.2, 0) is 10.1 Å². The number of halogens is 2. The molecule has 0 radical (unpaired) electrons. The Bertz CT molecular complexity index is 450. The summed E-state index contributed by atoms with van der Waals surface area (Å²) >= 11 is 2.95. The third-order valence-electron chi connectivity index (χ3n) is 1.50. The van der Waals surface area contributed by atoms with Crippen LogP contribution < -0.4 is 29.6 Å². The fraction of sp³-hybridized carbons (Fsp3) is 0.143. The summed E-state index contributed by atoms with van der Waals surface area (Å²) in [7, 11) is -4.94. The fourth-order valence-corrected chi connectivity index (χ4v) is 1.69. The summed E-state index contributed by atoms with van der Waals surface area (Å²) in [5.41, 5.74) is -2.92. The quantitative estimate of drug-likeness (QED) is 0.513. The van der Waals surface area contributed by atoms with Gasteiger partial charge in [0.2, 0.25) is 0 Å². The number of aliphatic hydroxyl groups excluding tert-OH is 1. The van der Waals surface area contributed by atoms with Crippen molar-refractivity contribution in [1.82, 2.24) is 0 Å². The van der Waals surface area contributed by atoms with Crippen molar-refractivity contribution in [3.8, 4) is 0 Å². The molecule has 78 valence electrons. The van der Waals surface area contributed by atoms with E-state index in [9.17, 15) is 17.4 Å². The number of benzene rings is 1. The molecule has 4 nitrogen and oxygen atoms in total. The Labute approximate surface area is 117 Å². The molecule has 0 aromatic heterocycles. The second-order valence-electron chi connectivity index (χ2n) is 2.51. The molecule has 1 aromatic carbocycles. The average Bonchev–Trinajstić information content (AvgIpc) is 2.01. The number of rotatable bonds is 2. The number of aliphatic hydroxyl groups is 1. The molecule has 0 saturated carbocycles. The van der Waals surface area contributed by atoms with Crippen molar-refractivity contribution in [3.05, 3.63) is 34.1 Å². The van der Waals surface area contributed by atoms with E-state index in [1.165, 1.54) is 6.07 Å². The molecule has 0 amide bonds. The first kappa shape index (κ1) is 15.5. The Morgan fingerprint density at radius 2 is 2.00 bits per heavy atom. The molecule has 1 rings (SSSR count). The summed E-state index contributed by atoms with van der Waals surface area (Å²) in [4.78, 5) is 0. The van der Waals surface area contributed by atoms with E-state index in [1.54, 1.807) is 0 Å². The van der Waals surface area contributed by atoms with Crippen LogP contribution in [-0.4, -0.2) is 18.1 Å². The summed E-state index contributed by atoms with van der Waals surface area (Å²) in [6.45, 7) is 0. The minimum Gasteiger partial charge on any atom is -0.746 e. The first-order chi connectivity index (χ1) is 6.32. The first-order valence-corrected chi connectivity index (χ1v) is 5.66. The zero-order valence-electron chi connectivity index (χ0n) is 7.65. The van der Waals surface area contributed by atoms with Gasteiger partial charge in [-0.05, 0) is 12.1 Å². The van der Waals surface area contributed by atoms with Gasteiger partial charge in [0, 0.05) is 10.0 Å². The van der Waals surface area contributed by atoms with Gasteiger partial charge in [-0.15, -0.1) is 0 Å². The van der Waals surface area contributed by atoms with Gasteiger partial charge in [0.1, 0.15) is 15.9 Å². The van der Waals surface area contributed by atoms with Crippen molar-refractivity contribution in [2.24, 2.45) is 0 Å². The summed E-state index contributed by atoms with van der Waals surface area (Å²) < 4.78 is 44.6. The van der Waals surface area contributed by atoms with Crippen LogP contribution in [0, 0.1) is 5.82 Å². The maximum absolute atomic E-state index is 13.0. The van der Waals surface area contributed by atoms with Gasteiger partial charge in [-0.25, -0.2) is 12.8 Å². The topological polar surface area (TPSA) is 77.4 Å². The Hall–Kier alpha value is 0.500. The van der Waals surface area contributed by atoms with Crippen LogP contribution in [0.2, 0.25) is 0 Å². The van der Waals surface area contributed by atoms with E-state index in [4.69, 9.17) is 5.11 Å². The van der Waals surface area contributed by atoms with E-state index in [0.717, 1.165) is 12.1 Å². The largest absolute Gasteiger partial charge is 1.00 e. The smallest absolute Gasteiger partial charge is 0.746 e. The van der Waals surface area contributed by atoms with E-state index >= 15 is 0 Å². The van der Waals surface area contributed by atoms with Gasteiger partial charge in [-0.2, -0.15) is 0 Å². The monoisotopic (exact) mass is 306 g/mol. The van der Waals surface area contributed by atoms with Crippen LogP contribution in [0.25, 0.3) is 0 Å². The molecule has 0 heterocycles. The molecule has 1 N–H and O–H groups in total. The van der Waals surface area contributed by atoms with Crippen LogP contribution in [0.15, 0.2) is 22.7 Å². The molecule has 1 unspecified atom stereocenters. The van der Waals surface area contributed by atoms with Gasteiger partial charge < -0.3 is 9.66 Å². The van der Waals surface area contributed by atoms with Crippen LogP contribution >= 0.6 is 15.9 Å². The molecule has 0 saturated heterocycles. The molecule has 15 heavy (non-hydrogen) atoms. The van der Waals surface area contributed by atoms with E-state index in [-0.39, 0.29) is 29.6 Å². The zero-order valence-corrected chi connectivity index (χ0v) is 12.0. The van der Waals surface area contributed by atoms with Crippen molar-refractivity contribution in [3.63, 3.8) is 0 Å². The molecule has 0 aliphatic carbocycles. The van der Waals surface area contributed by atoms with Crippen LogP contribution in [0.4, 0.5) is 4.39 Å². The summed E-state index contributed by atoms with van der Waals surface area (Å²) in [6, 6.07) is 3.32. The zero-order chi connectivity index (χ0) is 10.9. The van der Waals surface area contributed by atoms with Crippen LogP contribution in [0.3, 0.4) is 0 Å². The fourth-order valence-electron chi connectivity index (χ4n) is 0.857. The molecule has 0 spiro atoms. The molecule has 0 aliphatic heterocycles. The summed E-state index contributed by atoms with van der Waals surface area (Å²) in [5.74, 6) is -0.952. The Balaban J connectivity index is 0.00000196. The maximum Gasteiger partial charge on any atom is 1.00 e. The van der Waals surface area contributed by atoms with Crippen molar-refractivity contribution in [2.75, 3.05) is 0 Å². The molecule has 1 atom stereocenters. The molecular weight excluding hydrogens is 302 g/mol. The Kier molecular flexibility index (Phi) is 5.91. The van der Waals surface area contributed by atoms with Gasteiger partial charge in [-0.1, -0.05) is 22.0 Å². The molecular formula is C7H5BrFNaO4S. The van der Waals surface area contributed by atoms with Crippen molar-refractivity contribution >= 4 is 26.0 Å². The Morgan fingerprint density at radius 3 is 2.40 bits per heavy atom. The first-order valence-electron chi connectivity index (χ1n) is 3.40. The van der Waals surface area contributed by atoms with Gasteiger partial charge in [0.05, 0.1) is 0 Å². The summed E-state index contributed by atoms with van der Waals surface area (Å²) in [6.07, 6.45) is 0. The van der Waals surface area contributed by atoms with E-state index in [2.05, 4.69) is 15.9 Å². The maximum atomic E-state index is 13.0. The predicted octanol–water partition coefficient (Wildman–Crippen LogP) is -1.87. The third kappa shape index (κ3) is 4.10. The predicted molar refractivity (Wildman–Crippen MR) is 48.8 cm³/mol. The van der Waals surface area contributed by atoms with Gasteiger partial charge in [0.25, 0.3) is 0 Å². The van der Waals surface area contributed by atoms with Gasteiger partial charge in [-0.3, -0.25) is 0 Å². The van der Waals surface area contributed by atoms with Crippen molar-refractivity contribution in [2.45, 2.75) is 5.44 Å². The van der Waals surface area contributed by atoms with E-state index in [1.807, 2.05) is 0 Å². The molecule has 1 aromatic rings. The third-order valence-corrected chi connectivity index (χ3v) is 2.80. The second-order valence-corrected chi connectivity index (χ2v) is 4.86.